The highest BCUT2D eigenvalue weighted by atomic mass is 28.4. The van der Waals surface area contributed by atoms with Crippen LogP contribution in [0.25, 0.3) is 44.5 Å². The molecule has 0 bridgehead atoms. The van der Waals surface area contributed by atoms with Crippen molar-refractivity contribution in [3.63, 3.8) is 0 Å². The average molecular weight is 1010 g/mol. The molecule has 1 nitrogen and oxygen atoms in total. The Bertz CT molecular complexity index is 3830. The van der Waals surface area contributed by atoms with Gasteiger partial charge >= 0.3 is 0 Å². The molecule has 360 valence electrons. The molecule has 0 fully saturated rings. The predicted octanol–water partition coefficient (Wildman–Crippen LogP) is 13.0. The SMILES string of the molecule is c1ccc([Si](O[Si](c2ccccc2)(c2ccccc2)c2ccc3c(c2)C2(c4ccccc4-c4ccccc42)c2ccccc2-3)(c2ccccc2)c2ccc3c(c2)C2(c4ccccc4-c4ccccc42)c2ccccc2-3)cc1. The number of hydrogen-bond donors (Lipinski definition) is 0. The molecule has 0 saturated heterocycles. The van der Waals surface area contributed by atoms with E-state index >= 15 is 0 Å². The van der Waals surface area contributed by atoms with E-state index in [4.69, 9.17) is 0 Å². The van der Waals surface area contributed by atoms with Crippen molar-refractivity contribution in [2.24, 2.45) is 0 Å². The quantitative estimate of drug-likeness (QED) is 0.109. The van der Waals surface area contributed by atoms with Crippen molar-refractivity contribution in [2.75, 3.05) is 0 Å². The summed E-state index contributed by atoms with van der Waals surface area (Å²) >= 11 is 0. The Kier molecular flexibility index (Phi) is 9.66. The van der Waals surface area contributed by atoms with Gasteiger partial charge < -0.3 is 4.12 Å². The Labute approximate surface area is 452 Å². The fourth-order valence-electron chi connectivity index (χ4n) is 14.9. The van der Waals surface area contributed by atoms with Crippen molar-refractivity contribution in [1.29, 1.82) is 0 Å². The molecular formula is C74H50OSi2. The van der Waals surface area contributed by atoms with E-state index in [9.17, 15) is 4.12 Å². The summed E-state index contributed by atoms with van der Waals surface area (Å²) in [6.07, 6.45) is 0. The van der Waals surface area contributed by atoms with Crippen LogP contribution in [0.2, 0.25) is 0 Å². The van der Waals surface area contributed by atoms with Crippen LogP contribution in [0, 0.1) is 0 Å². The van der Waals surface area contributed by atoms with Crippen LogP contribution in [-0.2, 0) is 14.9 Å². The maximum absolute atomic E-state index is 9.27. The van der Waals surface area contributed by atoms with Gasteiger partial charge in [-0.2, -0.15) is 0 Å². The van der Waals surface area contributed by atoms with Crippen LogP contribution >= 0.6 is 0 Å². The molecule has 4 aliphatic rings. The highest BCUT2D eigenvalue weighted by molar-refractivity contribution is 7.18. The highest BCUT2D eigenvalue weighted by Gasteiger charge is 2.58. The van der Waals surface area contributed by atoms with E-state index in [1.54, 1.807) is 0 Å². The smallest absolute Gasteiger partial charge is 0.278 e. The number of fused-ring (bicyclic) bond motifs is 20. The minimum atomic E-state index is -3.69. The molecule has 2 spiro atoms. The maximum atomic E-state index is 9.27. The van der Waals surface area contributed by atoms with Crippen molar-refractivity contribution >= 4 is 47.8 Å². The van der Waals surface area contributed by atoms with Gasteiger partial charge in [-0.25, -0.2) is 0 Å². The molecule has 0 unspecified atom stereocenters. The monoisotopic (exact) mass is 1010 g/mol. The molecule has 0 heterocycles. The number of rotatable bonds is 8. The first-order chi connectivity index (χ1) is 38.2. The summed E-state index contributed by atoms with van der Waals surface area (Å²) in [7, 11) is -7.37. The molecule has 16 rings (SSSR count). The summed E-state index contributed by atoms with van der Waals surface area (Å²) in [6.45, 7) is 0. The molecule has 3 heteroatoms. The van der Waals surface area contributed by atoms with Gasteiger partial charge in [-0.1, -0.05) is 303 Å². The Morgan fingerprint density at radius 1 is 0.182 bits per heavy atom. The third-order valence-corrected chi connectivity index (χ3v) is 27.1. The highest BCUT2D eigenvalue weighted by Crippen LogP contribution is 2.64. The van der Waals surface area contributed by atoms with Crippen LogP contribution in [0.1, 0.15) is 44.5 Å². The molecule has 77 heavy (non-hydrogen) atoms. The molecule has 0 amide bonds. The van der Waals surface area contributed by atoms with Gasteiger partial charge in [0, 0.05) is 0 Å². The number of benzene rings is 12. The maximum Gasteiger partial charge on any atom is 0.278 e. The Morgan fingerprint density at radius 2 is 0.390 bits per heavy atom. The number of hydrogen-bond acceptors (Lipinski definition) is 1. The summed E-state index contributed by atoms with van der Waals surface area (Å²) in [4.78, 5) is 0. The van der Waals surface area contributed by atoms with Gasteiger partial charge in [0.15, 0.2) is 0 Å². The molecule has 0 saturated carbocycles. The third-order valence-electron chi connectivity index (χ3n) is 17.8. The topological polar surface area (TPSA) is 9.23 Å². The third kappa shape index (κ3) is 5.80. The van der Waals surface area contributed by atoms with Crippen LogP contribution in [0.15, 0.2) is 303 Å². The minimum Gasteiger partial charge on any atom is -0.435 e. The standard InChI is InChI=1S/C74H50OSi2/c1-5-25-51(26-6-1)76(52-27-7-2-8-28-52,55-45-47-63-61-37-17-23-43-69(61)73(71(63)49-55)65-39-19-13-33-57(65)58-34-14-20-40-66(58)73)75-77(53-29-9-3-10-30-53,54-31-11-4-12-32-54)56-46-48-64-62-38-18-24-44-70(62)74(72(64)50-56)67-41-21-15-35-59(67)60-36-16-22-42-68(60)74/h1-50H. The largest absolute Gasteiger partial charge is 0.435 e. The van der Waals surface area contributed by atoms with Gasteiger partial charge in [0.25, 0.3) is 16.6 Å². The van der Waals surface area contributed by atoms with E-state index in [1.165, 1.54) is 120 Å². The van der Waals surface area contributed by atoms with Crippen LogP contribution in [0.5, 0.6) is 0 Å². The van der Waals surface area contributed by atoms with E-state index in [1.807, 2.05) is 0 Å². The first-order valence-electron chi connectivity index (χ1n) is 27.0. The Morgan fingerprint density at radius 3 is 0.636 bits per heavy atom. The van der Waals surface area contributed by atoms with Gasteiger partial charge in [-0.15, -0.1) is 0 Å². The van der Waals surface area contributed by atoms with Crippen molar-refractivity contribution in [2.45, 2.75) is 10.8 Å². The van der Waals surface area contributed by atoms with Gasteiger partial charge in [0.05, 0.1) is 10.8 Å². The van der Waals surface area contributed by atoms with Gasteiger partial charge in [-0.3, -0.25) is 0 Å². The van der Waals surface area contributed by atoms with E-state index in [0.717, 1.165) is 0 Å². The molecule has 0 atom stereocenters. The van der Waals surface area contributed by atoms with Crippen molar-refractivity contribution in [3.05, 3.63) is 348 Å². The van der Waals surface area contributed by atoms with E-state index in [2.05, 4.69) is 303 Å². The van der Waals surface area contributed by atoms with Crippen molar-refractivity contribution < 1.29 is 4.12 Å². The molecular weight excluding hydrogens is 961 g/mol. The van der Waals surface area contributed by atoms with Crippen molar-refractivity contribution in [3.8, 4) is 44.5 Å². The van der Waals surface area contributed by atoms with Gasteiger partial charge in [0.2, 0.25) is 0 Å². The van der Waals surface area contributed by atoms with Crippen LogP contribution in [-0.4, -0.2) is 16.6 Å². The van der Waals surface area contributed by atoms with E-state index < -0.39 is 27.5 Å². The first kappa shape index (κ1) is 44.3. The van der Waals surface area contributed by atoms with Crippen LogP contribution < -0.4 is 31.1 Å². The predicted molar refractivity (Wildman–Crippen MR) is 322 cm³/mol. The summed E-state index contributed by atoms with van der Waals surface area (Å²) in [5, 5.41) is 7.25. The normalized spacial score (nSPS) is 14.2. The second-order valence-electron chi connectivity index (χ2n) is 21.2. The molecule has 4 aliphatic carbocycles. The molecule has 0 aromatic heterocycles. The zero-order valence-electron chi connectivity index (χ0n) is 42.3. The summed E-state index contributed by atoms with van der Waals surface area (Å²) in [5.74, 6) is 0. The second-order valence-corrected chi connectivity index (χ2v) is 28.2. The van der Waals surface area contributed by atoms with E-state index in [-0.39, 0.29) is 0 Å². The summed E-state index contributed by atoms with van der Waals surface area (Å²) < 4.78 is 9.27. The molecule has 0 radical (unpaired) electrons. The molecule has 12 aromatic rings. The lowest BCUT2D eigenvalue weighted by Crippen LogP contribution is -2.81. The minimum absolute atomic E-state index is 0.535. The second kappa shape index (κ2) is 16.8. The molecule has 0 aliphatic heterocycles. The summed E-state index contributed by atoms with van der Waals surface area (Å²) in [5.41, 5.74) is 19.8. The zero-order valence-corrected chi connectivity index (χ0v) is 44.3. The molecule has 12 aromatic carbocycles. The van der Waals surface area contributed by atoms with E-state index in [0.29, 0.717) is 0 Å². The van der Waals surface area contributed by atoms with Crippen LogP contribution in [0.3, 0.4) is 0 Å². The average Bonchev–Trinajstić information content (AvgIpc) is 3.77. The summed E-state index contributed by atoms with van der Waals surface area (Å²) in [6, 6.07) is 115. The zero-order chi connectivity index (χ0) is 50.8. The Balaban J connectivity index is 1.03. The Hall–Kier alpha value is -8.97. The lowest BCUT2D eigenvalue weighted by molar-refractivity contribution is 0.600. The fraction of sp³-hybridized carbons (Fsp3) is 0.0270. The van der Waals surface area contributed by atoms with Crippen molar-refractivity contribution in [1.82, 2.24) is 0 Å². The fourth-order valence-corrected chi connectivity index (χ4v) is 25.5. The lowest BCUT2D eigenvalue weighted by atomic mass is 9.70. The lowest BCUT2D eigenvalue weighted by Gasteiger charge is -2.44. The van der Waals surface area contributed by atoms with Gasteiger partial charge in [0.1, 0.15) is 0 Å². The first-order valence-corrected chi connectivity index (χ1v) is 30.8. The molecule has 0 N–H and O–H groups in total. The van der Waals surface area contributed by atoms with Gasteiger partial charge in [-0.05, 0) is 120 Å². The van der Waals surface area contributed by atoms with Crippen LogP contribution in [0.4, 0.5) is 0 Å².